The molecule has 2 aliphatic rings. The third-order valence-corrected chi connectivity index (χ3v) is 4.54. The molecule has 2 aliphatic carbocycles. The molecule has 0 bridgehead atoms. The monoisotopic (exact) mass is 223 g/mol. The van der Waals surface area contributed by atoms with Crippen molar-refractivity contribution >= 4 is 5.91 Å². The summed E-state index contributed by atoms with van der Waals surface area (Å²) in [5.74, 6) is 2.38. The van der Waals surface area contributed by atoms with Crippen LogP contribution in [-0.2, 0) is 4.79 Å². The van der Waals surface area contributed by atoms with E-state index in [1.54, 1.807) is 0 Å². The van der Waals surface area contributed by atoms with E-state index in [1.165, 1.54) is 32.1 Å². The van der Waals surface area contributed by atoms with E-state index in [1.807, 2.05) is 0 Å². The summed E-state index contributed by atoms with van der Waals surface area (Å²) < 4.78 is 0. The molecule has 0 aromatic carbocycles. The quantitative estimate of drug-likeness (QED) is 0.782. The zero-order chi connectivity index (χ0) is 11.5. The van der Waals surface area contributed by atoms with Crippen LogP contribution in [-0.4, -0.2) is 11.9 Å². The van der Waals surface area contributed by atoms with Gasteiger partial charge in [-0.25, -0.2) is 0 Å². The third-order valence-electron chi connectivity index (χ3n) is 4.54. The first kappa shape index (κ1) is 11.9. The van der Waals surface area contributed by atoms with Crippen LogP contribution in [0.3, 0.4) is 0 Å². The highest BCUT2D eigenvalue weighted by Gasteiger charge is 2.29. The zero-order valence-electron chi connectivity index (χ0n) is 10.7. The number of hydrogen-bond acceptors (Lipinski definition) is 1. The predicted octanol–water partition coefficient (Wildman–Crippen LogP) is 3.12. The number of amides is 1. The summed E-state index contributed by atoms with van der Waals surface area (Å²) in [6.45, 7) is 4.63. The standard InChI is InChI=1S/C14H25NO/c1-10(2)11-6-8-13(9-7-11)15-14(16)12-4-3-5-12/h10-13H,3-9H2,1-2H3,(H,15,16)/t11-,13+. The van der Waals surface area contributed by atoms with Gasteiger partial charge < -0.3 is 5.32 Å². The van der Waals surface area contributed by atoms with Crippen molar-refractivity contribution in [2.75, 3.05) is 0 Å². The van der Waals surface area contributed by atoms with Gasteiger partial charge in [0.2, 0.25) is 5.91 Å². The second-order valence-electron chi connectivity index (χ2n) is 5.99. The number of hydrogen-bond donors (Lipinski definition) is 1. The maximum absolute atomic E-state index is 11.8. The van der Waals surface area contributed by atoms with Gasteiger partial charge in [0.1, 0.15) is 0 Å². The van der Waals surface area contributed by atoms with E-state index in [9.17, 15) is 4.79 Å². The molecule has 2 saturated carbocycles. The molecule has 0 radical (unpaired) electrons. The first-order valence-electron chi connectivity index (χ1n) is 6.97. The maximum atomic E-state index is 11.8. The highest BCUT2D eigenvalue weighted by atomic mass is 16.2. The van der Waals surface area contributed by atoms with Crippen LogP contribution in [0.5, 0.6) is 0 Å². The van der Waals surface area contributed by atoms with E-state index in [0.717, 1.165) is 24.7 Å². The molecule has 0 heterocycles. The molecule has 92 valence electrons. The minimum absolute atomic E-state index is 0.333. The SMILES string of the molecule is CC(C)[C@H]1CC[C@@H](NC(=O)C2CCC2)CC1. The van der Waals surface area contributed by atoms with Gasteiger partial charge in [-0.1, -0.05) is 20.3 Å². The Morgan fingerprint density at radius 1 is 1.06 bits per heavy atom. The molecule has 2 fully saturated rings. The van der Waals surface area contributed by atoms with Gasteiger partial charge >= 0.3 is 0 Å². The lowest BCUT2D eigenvalue weighted by Crippen LogP contribution is -2.43. The fourth-order valence-corrected chi connectivity index (χ4v) is 2.92. The molecule has 0 unspecified atom stereocenters. The van der Waals surface area contributed by atoms with E-state index in [2.05, 4.69) is 19.2 Å². The first-order chi connectivity index (χ1) is 7.66. The summed E-state index contributed by atoms with van der Waals surface area (Å²) in [6.07, 6.45) is 8.47. The summed E-state index contributed by atoms with van der Waals surface area (Å²) in [6, 6.07) is 0.475. The van der Waals surface area contributed by atoms with Gasteiger partial charge in [0.25, 0.3) is 0 Å². The van der Waals surface area contributed by atoms with Gasteiger partial charge in [0.15, 0.2) is 0 Å². The third kappa shape index (κ3) is 2.78. The van der Waals surface area contributed by atoms with Gasteiger partial charge in [-0.3, -0.25) is 4.79 Å². The largest absolute Gasteiger partial charge is 0.353 e. The molecule has 0 spiro atoms. The van der Waals surface area contributed by atoms with Crippen molar-refractivity contribution in [2.24, 2.45) is 17.8 Å². The van der Waals surface area contributed by atoms with Crippen LogP contribution >= 0.6 is 0 Å². The van der Waals surface area contributed by atoms with Gasteiger partial charge in [-0.2, -0.15) is 0 Å². The first-order valence-corrected chi connectivity index (χ1v) is 6.97. The van der Waals surface area contributed by atoms with Crippen molar-refractivity contribution in [1.29, 1.82) is 0 Å². The lowest BCUT2D eigenvalue weighted by Gasteiger charge is -2.33. The number of rotatable bonds is 3. The minimum Gasteiger partial charge on any atom is -0.353 e. The molecule has 2 heteroatoms. The minimum atomic E-state index is 0.333. The van der Waals surface area contributed by atoms with Crippen molar-refractivity contribution in [3.8, 4) is 0 Å². The van der Waals surface area contributed by atoms with Crippen molar-refractivity contribution in [1.82, 2.24) is 5.32 Å². The lowest BCUT2D eigenvalue weighted by molar-refractivity contribution is -0.128. The second kappa shape index (κ2) is 5.20. The Morgan fingerprint density at radius 3 is 2.12 bits per heavy atom. The zero-order valence-corrected chi connectivity index (χ0v) is 10.7. The van der Waals surface area contributed by atoms with Gasteiger partial charge in [-0.05, 0) is 50.4 Å². The van der Waals surface area contributed by atoms with Crippen LogP contribution in [0, 0.1) is 17.8 Å². The number of carbonyl (C=O) groups is 1. The molecule has 0 saturated heterocycles. The molecule has 2 nitrogen and oxygen atoms in total. The molecule has 2 rings (SSSR count). The van der Waals surface area contributed by atoms with Crippen molar-refractivity contribution < 1.29 is 4.79 Å². The summed E-state index contributed by atoms with van der Waals surface area (Å²) >= 11 is 0. The normalized spacial score (nSPS) is 31.2. The van der Waals surface area contributed by atoms with Gasteiger partial charge in [-0.15, -0.1) is 0 Å². The van der Waals surface area contributed by atoms with E-state index < -0.39 is 0 Å². The molecule has 1 amide bonds. The average molecular weight is 223 g/mol. The molecule has 0 aliphatic heterocycles. The van der Waals surface area contributed by atoms with Crippen LogP contribution < -0.4 is 5.32 Å². The summed E-state index contributed by atoms with van der Waals surface area (Å²) in [5.41, 5.74) is 0. The Bertz CT molecular complexity index is 237. The molecular weight excluding hydrogens is 198 g/mol. The lowest BCUT2D eigenvalue weighted by atomic mass is 9.79. The molecular formula is C14H25NO. The number of nitrogens with one attached hydrogen (secondary N) is 1. The Labute approximate surface area is 99.2 Å². The highest BCUT2D eigenvalue weighted by molar-refractivity contribution is 5.79. The van der Waals surface area contributed by atoms with Gasteiger partial charge in [0, 0.05) is 12.0 Å². The molecule has 16 heavy (non-hydrogen) atoms. The molecule has 0 aromatic heterocycles. The fourth-order valence-electron chi connectivity index (χ4n) is 2.92. The van der Waals surface area contributed by atoms with E-state index in [4.69, 9.17) is 0 Å². The maximum Gasteiger partial charge on any atom is 0.223 e. The van der Waals surface area contributed by atoms with Crippen LogP contribution in [0.15, 0.2) is 0 Å². The van der Waals surface area contributed by atoms with Crippen molar-refractivity contribution in [2.45, 2.75) is 64.8 Å². The summed E-state index contributed by atoms with van der Waals surface area (Å²) in [5, 5.41) is 3.24. The average Bonchev–Trinajstić information content (AvgIpc) is 2.15. The highest BCUT2D eigenvalue weighted by Crippen LogP contribution is 2.31. The fraction of sp³-hybridized carbons (Fsp3) is 0.929. The van der Waals surface area contributed by atoms with E-state index in [-0.39, 0.29) is 0 Å². The van der Waals surface area contributed by atoms with Crippen molar-refractivity contribution in [3.63, 3.8) is 0 Å². The van der Waals surface area contributed by atoms with Crippen molar-refractivity contribution in [3.05, 3.63) is 0 Å². The smallest absolute Gasteiger partial charge is 0.223 e. The van der Waals surface area contributed by atoms with Gasteiger partial charge in [0.05, 0.1) is 0 Å². The summed E-state index contributed by atoms with van der Waals surface area (Å²) in [4.78, 5) is 11.8. The van der Waals surface area contributed by atoms with Crippen LogP contribution in [0.4, 0.5) is 0 Å². The Morgan fingerprint density at radius 2 is 1.69 bits per heavy atom. The van der Waals surface area contributed by atoms with E-state index >= 15 is 0 Å². The van der Waals surface area contributed by atoms with Crippen LogP contribution in [0.25, 0.3) is 0 Å². The van der Waals surface area contributed by atoms with E-state index in [0.29, 0.717) is 17.9 Å². The Balaban J connectivity index is 1.70. The second-order valence-corrected chi connectivity index (χ2v) is 5.99. The summed E-state index contributed by atoms with van der Waals surface area (Å²) in [7, 11) is 0. The van der Waals surface area contributed by atoms with Crippen LogP contribution in [0.1, 0.15) is 58.8 Å². The Kier molecular flexibility index (Phi) is 3.88. The Hall–Kier alpha value is -0.530. The predicted molar refractivity (Wildman–Crippen MR) is 66.1 cm³/mol. The van der Waals surface area contributed by atoms with Crippen LogP contribution in [0.2, 0.25) is 0 Å². The number of carbonyl (C=O) groups excluding carboxylic acids is 1. The molecule has 0 atom stereocenters. The molecule has 1 N–H and O–H groups in total. The molecule has 0 aromatic rings. The topological polar surface area (TPSA) is 29.1 Å².